The number of nitrogens with two attached hydrogens (primary N) is 1. The van der Waals surface area contributed by atoms with Crippen LogP contribution in [0.3, 0.4) is 0 Å². The molecule has 0 amide bonds. The maximum atomic E-state index is 10.9. The van der Waals surface area contributed by atoms with Crippen LogP contribution in [0, 0.1) is 0 Å². The van der Waals surface area contributed by atoms with E-state index in [1.807, 2.05) is 37.3 Å². The van der Waals surface area contributed by atoms with Crippen molar-refractivity contribution in [2.45, 2.75) is 18.2 Å². The van der Waals surface area contributed by atoms with E-state index >= 15 is 0 Å². The average molecular weight is 257 g/mol. The molecule has 5 heteroatoms. The second kappa shape index (κ2) is 6.83. The Morgan fingerprint density at radius 3 is 2.56 bits per heavy atom. The number of carboxylic acids is 1. The number of rotatable bonds is 6. The molecule has 0 radical (unpaired) electrons. The van der Waals surface area contributed by atoms with Gasteiger partial charge in [0.1, 0.15) is 6.04 Å². The lowest BCUT2D eigenvalue weighted by Gasteiger charge is -2.19. The molecule has 0 fully saturated rings. The maximum Gasteiger partial charge on any atom is 0.322 e. The zero-order valence-electron chi connectivity index (χ0n) is 9.00. The van der Waals surface area contributed by atoms with E-state index < -0.39 is 12.0 Å². The zero-order chi connectivity index (χ0) is 12.0. The Morgan fingerprint density at radius 1 is 1.44 bits per heavy atom. The molecule has 0 aliphatic heterocycles. The highest BCUT2D eigenvalue weighted by Crippen LogP contribution is 2.39. The van der Waals surface area contributed by atoms with Gasteiger partial charge in [0.15, 0.2) is 0 Å². The van der Waals surface area contributed by atoms with Gasteiger partial charge in [-0.25, -0.2) is 0 Å². The van der Waals surface area contributed by atoms with Crippen LogP contribution >= 0.6 is 21.6 Å². The van der Waals surface area contributed by atoms with Crippen LogP contribution in [-0.2, 0) is 4.79 Å². The number of aliphatic carboxylic acids is 1. The Morgan fingerprint density at radius 2 is 2.06 bits per heavy atom. The third kappa shape index (κ3) is 3.73. The summed E-state index contributed by atoms with van der Waals surface area (Å²) in [4.78, 5) is 10.9. The second-order valence-electron chi connectivity index (χ2n) is 3.20. The van der Waals surface area contributed by atoms with Crippen LogP contribution in [0.25, 0.3) is 0 Å². The van der Waals surface area contributed by atoms with Gasteiger partial charge in [-0.1, -0.05) is 58.8 Å². The first-order valence-corrected chi connectivity index (χ1v) is 7.36. The van der Waals surface area contributed by atoms with Crippen molar-refractivity contribution < 1.29 is 9.90 Å². The maximum absolute atomic E-state index is 10.9. The van der Waals surface area contributed by atoms with Crippen LogP contribution in [0.2, 0.25) is 0 Å². The molecule has 0 unspecified atom stereocenters. The SMILES string of the molecule is CCSS[C@H](c1ccccc1)[C@H](N)C(=O)O. The van der Waals surface area contributed by atoms with Gasteiger partial charge < -0.3 is 10.8 Å². The topological polar surface area (TPSA) is 63.3 Å². The van der Waals surface area contributed by atoms with Gasteiger partial charge in [-0.05, 0) is 5.56 Å². The van der Waals surface area contributed by atoms with Crippen LogP contribution in [-0.4, -0.2) is 22.9 Å². The number of hydrogen-bond donors (Lipinski definition) is 2. The van der Waals surface area contributed by atoms with E-state index in [4.69, 9.17) is 10.8 Å². The number of carbonyl (C=O) groups is 1. The molecule has 1 aromatic carbocycles. The lowest BCUT2D eigenvalue weighted by atomic mass is 10.1. The quantitative estimate of drug-likeness (QED) is 0.767. The molecule has 0 bridgehead atoms. The molecule has 0 aliphatic rings. The first-order chi connectivity index (χ1) is 7.66. The standard InChI is InChI=1S/C11H15NO2S2/c1-2-15-16-10(9(12)11(13)14)8-6-4-3-5-7-8/h3-7,9-10H,2,12H2,1H3,(H,13,14)/t9-,10+/m0/s1. The Hall–Kier alpha value is -0.650. The minimum absolute atomic E-state index is 0.205. The lowest BCUT2D eigenvalue weighted by Crippen LogP contribution is -2.34. The number of carboxylic acid groups (broad SMARTS) is 1. The summed E-state index contributed by atoms with van der Waals surface area (Å²) in [7, 11) is 3.15. The van der Waals surface area contributed by atoms with E-state index in [9.17, 15) is 4.79 Å². The summed E-state index contributed by atoms with van der Waals surface area (Å²) in [5.74, 6) is -0.0292. The van der Waals surface area contributed by atoms with Crippen LogP contribution < -0.4 is 5.73 Å². The number of benzene rings is 1. The van der Waals surface area contributed by atoms with Gasteiger partial charge in [0, 0.05) is 5.75 Å². The fourth-order valence-corrected chi connectivity index (χ4v) is 3.56. The summed E-state index contributed by atoms with van der Waals surface area (Å²) in [6.07, 6.45) is 0. The highest BCUT2D eigenvalue weighted by molar-refractivity contribution is 8.76. The molecule has 0 heterocycles. The summed E-state index contributed by atoms with van der Waals surface area (Å²) in [6.45, 7) is 2.03. The highest BCUT2D eigenvalue weighted by Gasteiger charge is 2.26. The Bertz CT molecular complexity index is 332. The predicted octanol–water partition coefficient (Wildman–Crippen LogP) is 2.54. The minimum atomic E-state index is -0.960. The van der Waals surface area contributed by atoms with E-state index in [1.165, 1.54) is 10.8 Å². The molecule has 2 atom stereocenters. The van der Waals surface area contributed by atoms with Crippen LogP contribution in [0.5, 0.6) is 0 Å². The van der Waals surface area contributed by atoms with Gasteiger partial charge in [-0.2, -0.15) is 0 Å². The third-order valence-corrected chi connectivity index (χ3v) is 4.91. The van der Waals surface area contributed by atoms with Gasteiger partial charge >= 0.3 is 5.97 Å². The van der Waals surface area contributed by atoms with Crippen molar-refractivity contribution in [3.63, 3.8) is 0 Å². The van der Waals surface area contributed by atoms with E-state index in [-0.39, 0.29) is 5.25 Å². The second-order valence-corrected chi connectivity index (χ2v) is 6.00. The van der Waals surface area contributed by atoms with Gasteiger partial charge in [0.25, 0.3) is 0 Å². The summed E-state index contributed by atoms with van der Waals surface area (Å²) in [6, 6.07) is 8.66. The summed E-state index contributed by atoms with van der Waals surface area (Å²) in [5.41, 5.74) is 6.66. The molecule has 3 N–H and O–H groups in total. The predicted molar refractivity (Wildman–Crippen MR) is 70.5 cm³/mol. The fraction of sp³-hybridized carbons (Fsp3) is 0.364. The van der Waals surface area contributed by atoms with Gasteiger partial charge in [0.05, 0.1) is 5.25 Å². The Balaban J connectivity index is 2.83. The summed E-state index contributed by atoms with van der Waals surface area (Å²) in [5, 5.41) is 8.76. The molecule has 0 saturated carbocycles. The molecule has 16 heavy (non-hydrogen) atoms. The minimum Gasteiger partial charge on any atom is -0.480 e. The van der Waals surface area contributed by atoms with Crippen molar-refractivity contribution in [3.05, 3.63) is 35.9 Å². The number of hydrogen-bond acceptors (Lipinski definition) is 4. The molecule has 88 valence electrons. The van der Waals surface area contributed by atoms with Gasteiger partial charge in [-0.15, -0.1) is 0 Å². The van der Waals surface area contributed by atoms with Crippen LogP contribution in [0.15, 0.2) is 30.3 Å². The molecule has 0 saturated heterocycles. The van der Waals surface area contributed by atoms with Gasteiger partial charge in [-0.3, -0.25) is 4.79 Å². The smallest absolute Gasteiger partial charge is 0.322 e. The van der Waals surface area contributed by atoms with Crippen molar-refractivity contribution in [3.8, 4) is 0 Å². The van der Waals surface area contributed by atoms with E-state index in [0.29, 0.717) is 0 Å². The van der Waals surface area contributed by atoms with Crippen molar-refractivity contribution >= 4 is 27.6 Å². The first-order valence-electron chi connectivity index (χ1n) is 4.98. The molecular formula is C11H15NO2S2. The molecule has 1 aromatic rings. The molecule has 3 nitrogen and oxygen atoms in total. The first kappa shape index (κ1) is 13.4. The fourth-order valence-electron chi connectivity index (χ4n) is 1.24. The monoisotopic (exact) mass is 257 g/mol. The normalized spacial score (nSPS) is 14.4. The van der Waals surface area contributed by atoms with E-state index in [2.05, 4.69) is 0 Å². The van der Waals surface area contributed by atoms with Crippen molar-refractivity contribution in [1.82, 2.24) is 0 Å². The zero-order valence-corrected chi connectivity index (χ0v) is 10.6. The summed E-state index contributed by atoms with van der Waals surface area (Å²) < 4.78 is 0. The molecule has 1 rings (SSSR count). The molecule has 0 aromatic heterocycles. The Labute approximate surface area is 103 Å². The molecule has 0 aliphatic carbocycles. The highest BCUT2D eigenvalue weighted by atomic mass is 33.1. The van der Waals surface area contributed by atoms with E-state index in [1.54, 1.807) is 10.8 Å². The molecular weight excluding hydrogens is 242 g/mol. The molecule has 0 spiro atoms. The average Bonchev–Trinajstić information content (AvgIpc) is 2.30. The van der Waals surface area contributed by atoms with Crippen molar-refractivity contribution in [1.29, 1.82) is 0 Å². The van der Waals surface area contributed by atoms with E-state index in [0.717, 1.165) is 11.3 Å². The Kier molecular flexibility index (Phi) is 5.73. The van der Waals surface area contributed by atoms with Crippen molar-refractivity contribution in [2.24, 2.45) is 5.73 Å². The largest absolute Gasteiger partial charge is 0.480 e. The lowest BCUT2D eigenvalue weighted by molar-refractivity contribution is -0.138. The third-order valence-electron chi connectivity index (χ3n) is 2.03. The summed E-state index contributed by atoms with van der Waals surface area (Å²) >= 11 is 0. The van der Waals surface area contributed by atoms with Gasteiger partial charge in [0.2, 0.25) is 0 Å². The van der Waals surface area contributed by atoms with Crippen molar-refractivity contribution in [2.75, 3.05) is 5.75 Å². The van der Waals surface area contributed by atoms with Crippen LogP contribution in [0.1, 0.15) is 17.7 Å². The van der Waals surface area contributed by atoms with Crippen LogP contribution in [0.4, 0.5) is 0 Å².